The molecular formula is C25H28FN5O2. The maximum atomic E-state index is 13.8. The second-order valence-electron chi connectivity index (χ2n) is 8.59. The molecule has 2 aliphatic heterocycles. The molecule has 1 saturated heterocycles. The average Bonchev–Trinajstić information content (AvgIpc) is 2.83. The molecule has 8 heteroatoms. The van der Waals surface area contributed by atoms with Crippen LogP contribution < -0.4 is 15.0 Å². The molecule has 0 unspecified atom stereocenters. The lowest BCUT2D eigenvalue weighted by molar-refractivity contribution is -0.116. The molecular weight excluding hydrogens is 421 g/mol. The number of amides is 1. The van der Waals surface area contributed by atoms with Gasteiger partial charge in [-0.15, -0.1) is 0 Å². The molecule has 33 heavy (non-hydrogen) atoms. The molecule has 0 spiro atoms. The normalized spacial score (nSPS) is 16.5. The number of fused-ring (bicyclic) bond motifs is 2. The van der Waals surface area contributed by atoms with Crippen molar-refractivity contribution in [2.45, 2.75) is 25.7 Å². The van der Waals surface area contributed by atoms with Gasteiger partial charge in [-0.25, -0.2) is 9.37 Å². The van der Waals surface area contributed by atoms with E-state index in [0.717, 1.165) is 74.1 Å². The van der Waals surface area contributed by atoms with Gasteiger partial charge in [0.25, 0.3) is 0 Å². The van der Waals surface area contributed by atoms with Crippen molar-refractivity contribution in [3.8, 4) is 5.88 Å². The summed E-state index contributed by atoms with van der Waals surface area (Å²) in [4.78, 5) is 25.2. The van der Waals surface area contributed by atoms with Crippen LogP contribution in [-0.4, -0.2) is 60.1 Å². The predicted octanol–water partition coefficient (Wildman–Crippen LogP) is 3.63. The zero-order valence-electron chi connectivity index (χ0n) is 18.6. The number of aromatic nitrogens is 2. The molecule has 0 bridgehead atoms. The van der Waals surface area contributed by atoms with Crippen LogP contribution in [0.1, 0.15) is 24.8 Å². The molecule has 1 N–H and O–H groups in total. The van der Waals surface area contributed by atoms with E-state index in [2.05, 4.69) is 25.1 Å². The minimum Gasteiger partial charge on any atom is -0.478 e. The number of halogens is 1. The summed E-state index contributed by atoms with van der Waals surface area (Å²) in [6.07, 6.45) is 5.03. The molecule has 0 atom stereocenters. The first-order valence-electron chi connectivity index (χ1n) is 11.6. The minimum absolute atomic E-state index is 0.00985. The highest BCUT2D eigenvalue weighted by Gasteiger charge is 2.20. The highest BCUT2D eigenvalue weighted by molar-refractivity contribution is 5.93. The third-order valence-electron chi connectivity index (χ3n) is 6.33. The van der Waals surface area contributed by atoms with Gasteiger partial charge < -0.3 is 15.0 Å². The SMILES string of the molecule is O=C1CCc2ccc(OCCCCN3CCN(c4nccc5ccc(F)cc45)CC3)nc2N1. The molecule has 0 radical (unpaired) electrons. The number of nitrogens with one attached hydrogen (secondary N) is 1. The number of hydrogen-bond acceptors (Lipinski definition) is 6. The van der Waals surface area contributed by atoms with E-state index in [4.69, 9.17) is 4.74 Å². The number of pyridine rings is 2. The van der Waals surface area contributed by atoms with Gasteiger partial charge in [0.05, 0.1) is 6.61 Å². The van der Waals surface area contributed by atoms with Gasteiger partial charge in [0.2, 0.25) is 11.8 Å². The number of ether oxygens (including phenoxy) is 1. The van der Waals surface area contributed by atoms with Crippen molar-refractivity contribution >= 4 is 28.3 Å². The largest absolute Gasteiger partial charge is 0.478 e. The zero-order valence-corrected chi connectivity index (χ0v) is 18.6. The van der Waals surface area contributed by atoms with Crippen molar-refractivity contribution in [2.75, 3.05) is 49.5 Å². The van der Waals surface area contributed by atoms with Crippen molar-refractivity contribution < 1.29 is 13.9 Å². The van der Waals surface area contributed by atoms with Crippen LogP contribution in [0.4, 0.5) is 16.0 Å². The van der Waals surface area contributed by atoms with Crippen molar-refractivity contribution in [3.05, 3.63) is 54.0 Å². The number of carbonyl (C=O) groups excluding carboxylic acids is 1. The van der Waals surface area contributed by atoms with E-state index >= 15 is 0 Å². The molecule has 2 aliphatic rings. The second-order valence-corrected chi connectivity index (χ2v) is 8.59. The van der Waals surface area contributed by atoms with Crippen molar-refractivity contribution in [2.24, 2.45) is 0 Å². The lowest BCUT2D eigenvalue weighted by Crippen LogP contribution is -2.47. The lowest BCUT2D eigenvalue weighted by Gasteiger charge is -2.35. The third kappa shape index (κ3) is 5.06. The Labute approximate surface area is 192 Å². The number of carbonyl (C=O) groups is 1. The van der Waals surface area contributed by atoms with Crippen LogP contribution in [0.2, 0.25) is 0 Å². The van der Waals surface area contributed by atoms with Crippen molar-refractivity contribution in [3.63, 3.8) is 0 Å². The maximum absolute atomic E-state index is 13.8. The van der Waals surface area contributed by atoms with Crippen LogP contribution in [0.5, 0.6) is 5.88 Å². The van der Waals surface area contributed by atoms with Gasteiger partial charge >= 0.3 is 0 Å². The predicted molar refractivity (Wildman–Crippen MR) is 126 cm³/mol. The number of unbranched alkanes of at least 4 members (excludes halogenated alkanes) is 1. The van der Waals surface area contributed by atoms with E-state index in [1.165, 1.54) is 6.07 Å². The maximum Gasteiger partial charge on any atom is 0.225 e. The van der Waals surface area contributed by atoms with Gasteiger partial charge in [-0.3, -0.25) is 9.69 Å². The van der Waals surface area contributed by atoms with E-state index in [-0.39, 0.29) is 11.7 Å². The van der Waals surface area contributed by atoms with E-state index in [1.54, 1.807) is 12.3 Å². The summed E-state index contributed by atoms with van der Waals surface area (Å²) in [6.45, 7) is 5.29. The fourth-order valence-electron chi connectivity index (χ4n) is 4.48. The monoisotopic (exact) mass is 449 g/mol. The molecule has 5 rings (SSSR count). The standard InChI is InChI=1S/C25H28FN5O2/c26-20-6-3-18-9-10-27-25(21(18)17-20)31-14-12-30(13-15-31)11-1-2-16-33-23-8-5-19-4-7-22(32)28-24(19)29-23/h3,5-6,8-10,17H,1-2,4,7,11-16H2,(H,28,29,32). The first-order valence-corrected chi connectivity index (χ1v) is 11.6. The summed E-state index contributed by atoms with van der Waals surface area (Å²) >= 11 is 0. The number of piperazine rings is 1. The Morgan fingerprint density at radius 1 is 1.03 bits per heavy atom. The fourth-order valence-corrected chi connectivity index (χ4v) is 4.48. The van der Waals surface area contributed by atoms with Gasteiger partial charge in [-0.05, 0) is 61.0 Å². The lowest BCUT2D eigenvalue weighted by atomic mass is 10.1. The summed E-state index contributed by atoms with van der Waals surface area (Å²) in [5.41, 5.74) is 1.06. The van der Waals surface area contributed by atoms with Crippen molar-refractivity contribution in [1.82, 2.24) is 14.9 Å². The topological polar surface area (TPSA) is 70.6 Å². The first-order chi connectivity index (χ1) is 16.2. The Kier molecular flexibility index (Phi) is 6.35. The summed E-state index contributed by atoms with van der Waals surface area (Å²) in [5.74, 6) is 1.84. The second kappa shape index (κ2) is 9.70. The smallest absolute Gasteiger partial charge is 0.225 e. The number of rotatable bonds is 7. The van der Waals surface area contributed by atoms with E-state index in [1.807, 2.05) is 24.3 Å². The summed E-state index contributed by atoms with van der Waals surface area (Å²) < 4.78 is 19.6. The highest BCUT2D eigenvalue weighted by atomic mass is 19.1. The van der Waals surface area contributed by atoms with E-state index in [0.29, 0.717) is 24.7 Å². The van der Waals surface area contributed by atoms with Crippen LogP contribution in [0.25, 0.3) is 10.8 Å². The van der Waals surface area contributed by atoms with Gasteiger partial charge in [-0.2, -0.15) is 4.98 Å². The average molecular weight is 450 g/mol. The molecule has 1 fully saturated rings. The van der Waals surface area contributed by atoms with Gasteiger partial charge in [-0.1, -0.05) is 6.07 Å². The molecule has 172 valence electrons. The zero-order chi connectivity index (χ0) is 22.6. The summed E-state index contributed by atoms with van der Waals surface area (Å²) in [6, 6.07) is 10.7. The van der Waals surface area contributed by atoms with Gasteiger partial charge in [0.1, 0.15) is 17.5 Å². The first kappa shape index (κ1) is 21.6. The highest BCUT2D eigenvalue weighted by Crippen LogP contribution is 2.26. The molecule has 0 saturated carbocycles. The Balaban J connectivity index is 1.06. The molecule has 1 amide bonds. The molecule has 2 aromatic heterocycles. The number of hydrogen-bond donors (Lipinski definition) is 1. The quantitative estimate of drug-likeness (QED) is 0.556. The Morgan fingerprint density at radius 2 is 1.91 bits per heavy atom. The van der Waals surface area contributed by atoms with E-state index < -0.39 is 0 Å². The fraction of sp³-hybridized carbons (Fsp3) is 0.400. The number of anilines is 2. The molecule has 7 nitrogen and oxygen atoms in total. The molecule has 1 aromatic carbocycles. The van der Waals surface area contributed by atoms with Crippen LogP contribution >= 0.6 is 0 Å². The van der Waals surface area contributed by atoms with Crippen LogP contribution in [0, 0.1) is 5.82 Å². The van der Waals surface area contributed by atoms with Crippen molar-refractivity contribution in [1.29, 1.82) is 0 Å². The summed E-state index contributed by atoms with van der Waals surface area (Å²) in [7, 11) is 0. The summed E-state index contributed by atoms with van der Waals surface area (Å²) in [5, 5.41) is 4.70. The third-order valence-corrected chi connectivity index (χ3v) is 6.33. The van der Waals surface area contributed by atoms with E-state index in [9.17, 15) is 9.18 Å². The molecule has 4 heterocycles. The van der Waals surface area contributed by atoms with Crippen LogP contribution in [-0.2, 0) is 11.2 Å². The molecule has 0 aliphatic carbocycles. The van der Waals surface area contributed by atoms with Crippen LogP contribution in [0.15, 0.2) is 42.6 Å². The Hall–Kier alpha value is -3.26. The number of benzene rings is 1. The van der Waals surface area contributed by atoms with Gasteiger partial charge in [0.15, 0.2) is 0 Å². The number of nitrogens with zero attached hydrogens (tertiary/aromatic N) is 4. The Morgan fingerprint density at radius 3 is 2.79 bits per heavy atom. The van der Waals surface area contributed by atoms with Crippen LogP contribution in [0.3, 0.4) is 0 Å². The number of aryl methyl sites for hydroxylation is 1. The van der Waals surface area contributed by atoms with Gasteiger partial charge in [0, 0.05) is 50.2 Å². The Bertz CT molecular complexity index is 1150. The molecule has 3 aromatic rings. The minimum atomic E-state index is -0.229.